The number of rotatable bonds is 4. The Kier molecular flexibility index (Phi) is 4.29. The van der Waals surface area contributed by atoms with Crippen LogP contribution in [-0.4, -0.2) is 58.2 Å². The maximum atomic E-state index is 10.9. The first-order chi connectivity index (χ1) is 9.74. The van der Waals surface area contributed by atoms with E-state index in [4.69, 9.17) is 5.73 Å². The van der Waals surface area contributed by atoms with Gasteiger partial charge in [-0.05, 0) is 13.8 Å². The van der Waals surface area contributed by atoms with Crippen LogP contribution in [0.5, 0.6) is 0 Å². The van der Waals surface area contributed by atoms with Crippen molar-refractivity contribution in [2.75, 3.05) is 43.4 Å². The van der Waals surface area contributed by atoms with Crippen molar-refractivity contribution < 1.29 is 10.0 Å². The standard InChI is InChI=1S/C13H21N5O3/c1-13(2,19)9-16-3-5-17(6-4-16)12-8-10(18(20)21)7-11(14)15-12/h7-8,19H,3-6,9H2,1-2H3,(H2,14,15). The summed E-state index contributed by atoms with van der Waals surface area (Å²) in [5.41, 5.74) is 4.86. The van der Waals surface area contributed by atoms with E-state index in [1.54, 1.807) is 13.8 Å². The molecule has 8 nitrogen and oxygen atoms in total. The summed E-state index contributed by atoms with van der Waals surface area (Å²) >= 11 is 0. The molecule has 0 spiro atoms. The van der Waals surface area contributed by atoms with Crippen LogP contribution in [0, 0.1) is 10.1 Å². The zero-order chi connectivity index (χ0) is 15.6. The molecule has 0 saturated carbocycles. The molecule has 3 N–H and O–H groups in total. The number of hydrogen-bond acceptors (Lipinski definition) is 7. The molecule has 1 aromatic heterocycles. The number of aromatic nitrogens is 1. The minimum absolute atomic E-state index is 0.0450. The van der Waals surface area contributed by atoms with Gasteiger partial charge in [-0.3, -0.25) is 15.0 Å². The van der Waals surface area contributed by atoms with Crippen molar-refractivity contribution in [3.05, 3.63) is 22.2 Å². The fraction of sp³-hybridized carbons (Fsp3) is 0.615. The minimum atomic E-state index is -0.726. The Labute approximate surface area is 123 Å². The molecule has 1 aliphatic heterocycles. The number of nitrogen functional groups attached to an aromatic ring is 1. The van der Waals surface area contributed by atoms with Crippen LogP contribution in [0.15, 0.2) is 12.1 Å². The summed E-state index contributed by atoms with van der Waals surface area (Å²) in [4.78, 5) is 18.7. The van der Waals surface area contributed by atoms with Gasteiger partial charge in [-0.25, -0.2) is 4.98 Å². The van der Waals surface area contributed by atoms with Crippen molar-refractivity contribution >= 4 is 17.3 Å². The van der Waals surface area contributed by atoms with Crippen LogP contribution in [0.25, 0.3) is 0 Å². The SMILES string of the molecule is CC(C)(O)CN1CCN(c2cc([N+](=O)[O-])cc(N)n2)CC1. The number of hydrogen-bond donors (Lipinski definition) is 2. The van der Waals surface area contributed by atoms with Crippen molar-refractivity contribution in [3.63, 3.8) is 0 Å². The van der Waals surface area contributed by atoms with Crippen LogP contribution < -0.4 is 10.6 Å². The van der Waals surface area contributed by atoms with Gasteiger partial charge >= 0.3 is 0 Å². The number of nitro groups is 1. The summed E-state index contributed by atoms with van der Waals surface area (Å²) in [6, 6.07) is 2.70. The number of β-amino-alcohol motifs (C(OH)–C–C–N with tert-alkyl or cyclic N) is 1. The molecular formula is C13H21N5O3. The summed E-state index contributed by atoms with van der Waals surface area (Å²) in [5, 5.41) is 20.7. The van der Waals surface area contributed by atoms with E-state index in [1.807, 2.05) is 4.90 Å². The Hall–Kier alpha value is -1.93. The fourth-order valence-electron chi connectivity index (χ4n) is 2.47. The summed E-state index contributed by atoms with van der Waals surface area (Å²) in [5.74, 6) is 0.683. The summed E-state index contributed by atoms with van der Waals surface area (Å²) in [7, 11) is 0. The van der Waals surface area contributed by atoms with Gasteiger partial charge < -0.3 is 15.7 Å². The fourth-order valence-corrected chi connectivity index (χ4v) is 2.47. The molecule has 0 unspecified atom stereocenters. The van der Waals surface area contributed by atoms with Crippen molar-refractivity contribution in [2.24, 2.45) is 0 Å². The monoisotopic (exact) mass is 295 g/mol. The van der Waals surface area contributed by atoms with Gasteiger partial charge in [0.05, 0.1) is 22.7 Å². The minimum Gasteiger partial charge on any atom is -0.389 e. The normalized spacial score (nSPS) is 17.0. The molecule has 0 atom stereocenters. The van der Waals surface area contributed by atoms with Gasteiger partial charge in [-0.2, -0.15) is 0 Å². The molecule has 8 heteroatoms. The molecule has 21 heavy (non-hydrogen) atoms. The topological polar surface area (TPSA) is 109 Å². The van der Waals surface area contributed by atoms with Gasteiger partial charge in [0.25, 0.3) is 5.69 Å². The van der Waals surface area contributed by atoms with Crippen molar-refractivity contribution in [1.82, 2.24) is 9.88 Å². The smallest absolute Gasteiger partial charge is 0.276 e. The summed E-state index contributed by atoms with van der Waals surface area (Å²) < 4.78 is 0. The quantitative estimate of drug-likeness (QED) is 0.613. The van der Waals surface area contributed by atoms with Crippen LogP contribution in [0.2, 0.25) is 0 Å². The number of aliphatic hydroxyl groups is 1. The molecule has 116 valence electrons. The largest absolute Gasteiger partial charge is 0.389 e. The van der Waals surface area contributed by atoms with Crippen LogP contribution in [0.3, 0.4) is 0 Å². The predicted octanol–water partition coefficient (Wildman–Crippen LogP) is 0.465. The highest BCUT2D eigenvalue weighted by molar-refractivity contribution is 5.54. The lowest BCUT2D eigenvalue weighted by Gasteiger charge is -2.37. The molecule has 1 aliphatic rings. The van der Waals surface area contributed by atoms with E-state index in [0.717, 1.165) is 13.1 Å². The highest BCUT2D eigenvalue weighted by atomic mass is 16.6. The zero-order valence-corrected chi connectivity index (χ0v) is 12.3. The maximum absolute atomic E-state index is 10.9. The molecule has 0 bridgehead atoms. The lowest BCUT2D eigenvalue weighted by molar-refractivity contribution is -0.384. The van der Waals surface area contributed by atoms with Gasteiger partial charge in [0.15, 0.2) is 0 Å². The summed E-state index contributed by atoms with van der Waals surface area (Å²) in [6.07, 6.45) is 0. The number of piperazine rings is 1. The number of nitrogens with zero attached hydrogens (tertiary/aromatic N) is 4. The zero-order valence-electron chi connectivity index (χ0n) is 12.3. The second kappa shape index (κ2) is 5.82. The molecule has 1 fully saturated rings. The molecular weight excluding hydrogens is 274 g/mol. The Bertz CT molecular complexity index is 521. The van der Waals surface area contributed by atoms with Gasteiger partial charge in [-0.1, -0.05) is 0 Å². The number of anilines is 2. The first-order valence-electron chi connectivity index (χ1n) is 6.86. The Morgan fingerprint density at radius 3 is 2.52 bits per heavy atom. The Morgan fingerprint density at radius 1 is 1.38 bits per heavy atom. The second-order valence-electron chi connectivity index (χ2n) is 5.94. The molecule has 0 radical (unpaired) electrons. The molecule has 0 aliphatic carbocycles. The molecule has 2 rings (SSSR count). The molecule has 0 amide bonds. The van der Waals surface area contributed by atoms with E-state index in [1.165, 1.54) is 12.1 Å². The Morgan fingerprint density at radius 2 is 2.00 bits per heavy atom. The third-order valence-electron chi connectivity index (χ3n) is 3.33. The predicted molar refractivity (Wildman–Crippen MR) is 80.3 cm³/mol. The first-order valence-corrected chi connectivity index (χ1v) is 6.86. The highest BCUT2D eigenvalue weighted by Crippen LogP contribution is 2.23. The third kappa shape index (κ3) is 4.27. The average molecular weight is 295 g/mol. The lowest BCUT2D eigenvalue weighted by atomic mass is 10.1. The van der Waals surface area contributed by atoms with Crippen molar-refractivity contribution in [3.8, 4) is 0 Å². The van der Waals surface area contributed by atoms with Crippen LogP contribution in [0.1, 0.15) is 13.8 Å². The number of pyridine rings is 1. The van der Waals surface area contributed by atoms with E-state index >= 15 is 0 Å². The third-order valence-corrected chi connectivity index (χ3v) is 3.33. The van der Waals surface area contributed by atoms with E-state index < -0.39 is 10.5 Å². The van der Waals surface area contributed by atoms with E-state index in [2.05, 4.69) is 9.88 Å². The number of nitrogens with two attached hydrogens (primary N) is 1. The average Bonchev–Trinajstić information content (AvgIpc) is 2.37. The van der Waals surface area contributed by atoms with Crippen LogP contribution in [-0.2, 0) is 0 Å². The van der Waals surface area contributed by atoms with E-state index in [9.17, 15) is 15.2 Å². The van der Waals surface area contributed by atoms with Crippen LogP contribution >= 0.6 is 0 Å². The van der Waals surface area contributed by atoms with Crippen molar-refractivity contribution in [2.45, 2.75) is 19.4 Å². The van der Waals surface area contributed by atoms with Gasteiger partial charge in [0.1, 0.15) is 11.6 Å². The molecule has 1 aromatic rings. The second-order valence-corrected chi connectivity index (χ2v) is 5.94. The molecule has 2 heterocycles. The molecule has 0 aromatic carbocycles. The highest BCUT2D eigenvalue weighted by Gasteiger charge is 2.24. The van der Waals surface area contributed by atoms with Gasteiger partial charge in [0, 0.05) is 32.7 Å². The lowest BCUT2D eigenvalue weighted by Crippen LogP contribution is -2.50. The summed E-state index contributed by atoms with van der Waals surface area (Å²) in [6.45, 7) is 7.10. The molecule has 1 saturated heterocycles. The van der Waals surface area contributed by atoms with Gasteiger partial charge in [-0.15, -0.1) is 0 Å². The van der Waals surface area contributed by atoms with Gasteiger partial charge in [0.2, 0.25) is 0 Å². The maximum Gasteiger partial charge on any atom is 0.276 e. The van der Waals surface area contributed by atoms with Crippen LogP contribution in [0.4, 0.5) is 17.3 Å². The van der Waals surface area contributed by atoms with Crippen molar-refractivity contribution in [1.29, 1.82) is 0 Å². The van der Waals surface area contributed by atoms with E-state index in [-0.39, 0.29) is 11.5 Å². The van der Waals surface area contributed by atoms with E-state index in [0.29, 0.717) is 25.5 Å². The Balaban J connectivity index is 2.04. The first kappa shape index (κ1) is 15.5.